The zero-order chi connectivity index (χ0) is 24.4. The van der Waals surface area contributed by atoms with Crippen molar-refractivity contribution in [3.63, 3.8) is 0 Å². The third-order valence-corrected chi connectivity index (χ3v) is 5.82. The molecule has 1 aliphatic heterocycles. The molecule has 0 saturated heterocycles. The van der Waals surface area contributed by atoms with Crippen LogP contribution in [0.15, 0.2) is 23.1 Å². The minimum Gasteiger partial charge on any atom is -0.490 e. The summed E-state index contributed by atoms with van der Waals surface area (Å²) in [5.74, 6) is -0.240. The van der Waals surface area contributed by atoms with Gasteiger partial charge in [0.1, 0.15) is 23.1 Å². The Balaban J connectivity index is 1.76. The number of rotatable bonds is 7. The SMILES string of the molecule is CCCC(C)Oc1cc(-n2nc3n(c2=O)CCCC3)c(F)cc1C(=O)Nc1ncc(C)nc1C. The van der Waals surface area contributed by atoms with Gasteiger partial charge < -0.3 is 10.1 Å². The molecule has 3 aromatic rings. The molecule has 1 N–H and O–H groups in total. The topological polar surface area (TPSA) is 104 Å². The molecule has 1 amide bonds. The van der Waals surface area contributed by atoms with Crippen molar-refractivity contribution in [1.29, 1.82) is 0 Å². The first-order valence-electron chi connectivity index (χ1n) is 11.6. The fourth-order valence-electron chi connectivity index (χ4n) is 4.11. The smallest absolute Gasteiger partial charge is 0.350 e. The maximum absolute atomic E-state index is 15.3. The molecule has 0 saturated carbocycles. The van der Waals surface area contributed by atoms with Gasteiger partial charge in [0, 0.05) is 19.0 Å². The lowest BCUT2D eigenvalue weighted by Crippen LogP contribution is -2.27. The molecule has 0 radical (unpaired) electrons. The van der Waals surface area contributed by atoms with E-state index < -0.39 is 17.4 Å². The summed E-state index contributed by atoms with van der Waals surface area (Å²) < 4.78 is 24.0. The number of carbonyl (C=O) groups is 1. The van der Waals surface area contributed by atoms with Crippen molar-refractivity contribution < 1.29 is 13.9 Å². The first-order valence-corrected chi connectivity index (χ1v) is 11.6. The number of amides is 1. The van der Waals surface area contributed by atoms with Gasteiger partial charge in [-0.3, -0.25) is 14.3 Å². The van der Waals surface area contributed by atoms with Crippen molar-refractivity contribution in [2.75, 3.05) is 5.32 Å². The molecular weight excluding hydrogens is 439 g/mol. The van der Waals surface area contributed by atoms with Gasteiger partial charge in [0.2, 0.25) is 0 Å². The van der Waals surface area contributed by atoms with E-state index in [9.17, 15) is 9.59 Å². The molecule has 10 heteroatoms. The van der Waals surface area contributed by atoms with E-state index in [0.717, 1.165) is 42.1 Å². The largest absolute Gasteiger partial charge is 0.490 e. The van der Waals surface area contributed by atoms with Gasteiger partial charge in [-0.1, -0.05) is 13.3 Å². The Morgan fingerprint density at radius 3 is 2.79 bits per heavy atom. The Kier molecular flexibility index (Phi) is 6.76. The highest BCUT2D eigenvalue weighted by atomic mass is 19.1. The predicted molar refractivity (Wildman–Crippen MR) is 125 cm³/mol. The number of nitrogens with zero attached hydrogens (tertiary/aromatic N) is 5. The van der Waals surface area contributed by atoms with Gasteiger partial charge in [0.15, 0.2) is 5.82 Å². The first kappa shape index (κ1) is 23.6. The lowest BCUT2D eigenvalue weighted by molar-refractivity contribution is 0.101. The fraction of sp³-hybridized carbons (Fsp3) is 0.458. The van der Waals surface area contributed by atoms with E-state index >= 15 is 4.39 Å². The lowest BCUT2D eigenvalue weighted by Gasteiger charge is -2.18. The van der Waals surface area contributed by atoms with Crippen LogP contribution >= 0.6 is 0 Å². The second-order valence-electron chi connectivity index (χ2n) is 8.64. The van der Waals surface area contributed by atoms with Gasteiger partial charge in [0.05, 0.1) is 29.3 Å². The Labute approximate surface area is 197 Å². The maximum Gasteiger partial charge on any atom is 0.350 e. The summed E-state index contributed by atoms with van der Waals surface area (Å²) >= 11 is 0. The van der Waals surface area contributed by atoms with Crippen LogP contribution in [-0.4, -0.2) is 36.3 Å². The van der Waals surface area contributed by atoms with Crippen LogP contribution in [0.5, 0.6) is 5.75 Å². The van der Waals surface area contributed by atoms with Crippen molar-refractivity contribution in [2.24, 2.45) is 0 Å². The van der Waals surface area contributed by atoms with Crippen molar-refractivity contribution in [3.05, 3.63) is 57.4 Å². The molecule has 180 valence electrons. The van der Waals surface area contributed by atoms with E-state index in [0.29, 0.717) is 24.5 Å². The number of hydrogen-bond acceptors (Lipinski definition) is 6. The summed E-state index contributed by atoms with van der Waals surface area (Å²) in [6.07, 6.45) is 5.42. The van der Waals surface area contributed by atoms with Gasteiger partial charge in [-0.15, -0.1) is 5.10 Å². The van der Waals surface area contributed by atoms with Gasteiger partial charge in [-0.2, -0.15) is 4.68 Å². The van der Waals surface area contributed by atoms with E-state index in [1.165, 1.54) is 6.07 Å². The Bertz CT molecular complexity index is 1280. The maximum atomic E-state index is 15.3. The molecule has 1 unspecified atom stereocenters. The van der Waals surface area contributed by atoms with Gasteiger partial charge in [0.25, 0.3) is 5.91 Å². The number of nitrogens with one attached hydrogen (secondary N) is 1. The predicted octanol–water partition coefficient (Wildman–Crippen LogP) is 3.74. The van der Waals surface area contributed by atoms with Crippen LogP contribution in [0.1, 0.15) is 67.1 Å². The zero-order valence-electron chi connectivity index (χ0n) is 19.9. The summed E-state index contributed by atoms with van der Waals surface area (Å²) in [6, 6.07) is 2.46. The standard InChI is InChI=1S/C24H29FN6O3/c1-5-8-15(3)34-20-12-19(31-24(33)30-10-7-6-9-21(30)29-31)18(25)11-17(20)23(32)28-22-16(4)27-14(2)13-26-22/h11-13,15H,5-10H2,1-4H3,(H,26,28,32). The highest BCUT2D eigenvalue weighted by Gasteiger charge is 2.24. The number of ether oxygens (including phenoxy) is 1. The highest BCUT2D eigenvalue weighted by Crippen LogP contribution is 2.28. The van der Waals surface area contributed by atoms with E-state index in [-0.39, 0.29) is 28.9 Å². The highest BCUT2D eigenvalue weighted by molar-refractivity contribution is 6.06. The second kappa shape index (κ2) is 9.74. The van der Waals surface area contributed by atoms with Gasteiger partial charge in [-0.25, -0.2) is 14.2 Å². The van der Waals surface area contributed by atoms with Crippen LogP contribution in [-0.2, 0) is 13.0 Å². The Morgan fingerprint density at radius 1 is 1.29 bits per heavy atom. The minimum atomic E-state index is -0.745. The van der Waals surface area contributed by atoms with E-state index in [2.05, 4.69) is 20.4 Å². The molecule has 3 heterocycles. The fourth-order valence-corrected chi connectivity index (χ4v) is 4.11. The summed E-state index contributed by atoms with van der Waals surface area (Å²) in [6.45, 7) is 8.00. The first-order chi connectivity index (χ1) is 16.3. The number of carbonyl (C=O) groups excluding carboxylic acids is 1. The molecule has 1 atom stereocenters. The normalized spacial score (nSPS) is 13.9. The number of fused-ring (bicyclic) bond motifs is 1. The molecule has 4 rings (SSSR count). The van der Waals surface area contributed by atoms with Gasteiger partial charge in [-0.05, 0) is 46.1 Å². The van der Waals surface area contributed by atoms with Crippen LogP contribution in [0.3, 0.4) is 0 Å². The number of benzene rings is 1. The monoisotopic (exact) mass is 468 g/mol. The molecule has 1 aromatic carbocycles. The van der Waals surface area contributed by atoms with Crippen LogP contribution < -0.4 is 15.7 Å². The lowest BCUT2D eigenvalue weighted by atomic mass is 10.1. The molecule has 34 heavy (non-hydrogen) atoms. The van der Waals surface area contributed by atoms with Crippen molar-refractivity contribution >= 4 is 11.7 Å². The number of hydrogen-bond donors (Lipinski definition) is 1. The summed E-state index contributed by atoms with van der Waals surface area (Å²) in [7, 11) is 0. The van der Waals surface area contributed by atoms with Crippen LogP contribution in [0.2, 0.25) is 0 Å². The molecule has 0 fully saturated rings. The van der Waals surface area contributed by atoms with Crippen LogP contribution in [0.4, 0.5) is 10.2 Å². The van der Waals surface area contributed by atoms with E-state index in [1.54, 1.807) is 24.6 Å². The number of aryl methyl sites for hydroxylation is 3. The molecule has 0 aliphatic carbocycles. The average molecular weight is 469 g/mol. The number of aromatic nitrogens is 5. The summed E-state index contributed by atoms with van der Waals surface area (Å²) in [5.41, 5.74) is 0.819. The second-order valence-corrected chi connectivity index (χ2v) is 8.64. The quantitative estimate of drug-likeness (QED) is 0.567. The molecular formula is C24H29FN6O3. The summed E-state index contributed by atoms with van der Waals surface area (Å²) in [4.78, 5) is 34.5. The van der Waals surface area contributed by atoms with E-state index in [1.807, 2.05) is 13.8 Å². The van der Waals surface area contributed by atoms with Crippen molar-refractivity contribution in [2.45, 2.75) is 72.4 Å². The Morgan fingerprint density at radius 2 is 2.09 bits per heavy atom. The zero-order valence-corrected chi connectivity index (χ0v) is 19.9. The number of anilines is 1. The third-order valence-electron chi connectivity index (χ3n) is 5.82. The van der Waals surface area contributed by atoms with Crippen LogP contribution in [0, 0.1) is 19.7 Å². The molecule has 0 bridgehead atoms. The number of halogens is 1. The van der Waals surface area contributed by atoms with Gasteiger partial charge >= 0.3 is 5.69 Å². The molecule has 2 aromatic heterocycles. The molecule has 1 aliphatic rings. The third kappa shape index (κ3) is 4.71. The Hall–Kier alpha value is -3.56. The van der Waals surface area contributed by atoms with Crippen molar-refractivity contribution in [1.82, 2.24) is 24.3 Å². The average Bonchev–Trinajstić information content (AvgIpc) is 3.13. The van der Waals surface area contributed by atoms with Crippen molar-refractivity contribution in [3.8, 4) is 11.4 Å². The minimum absolute atomic E-state index is 0.00278. The van der Waals surface area contributed by atoms with E-state index in [4.69, 9.17) is 4.74 Å². The summed E-state index contributed by atoms with van der Waals surface area (Å²) in [5, 5.41) is 7.04. The van der Waals surface area contributed by atoms with Crippen LogP contribution in [0.25, 0.3) is 5.69 Å². The molecule has 9 nitrogen and oxygen atoms in total. The molecule has 0 spiro atoms.